The van der Waals surface area contributed by atoms with Crippen LogP contribution in [0.25, 0.3) is 0 Å². The fourth-order valence-electron chi connectivity index (χ4n) is 2.51. The number of nitrogens with zero attached hydrogens (tertiary/aromatic N) is 4. The summed E-state index contributed by atoms with van der Waals surface area (Å²) >= 11 is 0. The van der Waals surface area contributed by atoms with Gasteiger partial charge in [-0.15, -0.1) is 0 Å². The van der Waals surface area contributed by atoms with Gasteiger partial charge in [0.25, 0.3) is 0 Å². The standard InChI is InChI=1S/C14H25N5O/c1-5-15-11-16-12(18-13(17-11)20-6-2)19-9-7-8-14(3,4)10-19/h5-10H2,1-4H3,(H,15,16,17,18). The van der Waals surface area contributed by atoms with Gasteiger partial charge in [0.2, 0.25) is 11.9 Å². The highest BCUT2D eigenvalue weighted by Crippen LogP contribution is 2.30. The Labute approximate surface area is 121 Å². The van der Waals surface area contributed by atoms with Crippen LogP contribution in [-0.2, 0) is 0 Å². The van der Waals surface area contributed by atoms with Gasteiger partial charge in [-0.05, 0) is 32.1 Å². The van der Waals surface area contributed by atoms with Crippen molar-refractivity contribution in [1.29, 1.82) is 0 Å². The zero-order valence-corrected chi connectivity index (χ0v) is 12.9. The van der Waals surface area contributed by atoms with E-state index in [4.69, 9.17) is 4.74 Å². The lowest BCUT2D eigenvalue weighted by atomic mass is 9.84. The Morgan fingerprint density at radius 3 is 2.70 bits per heavy atom. The van der Waals surface area contributed by atoms with Gasteiger partial charge in [-0.1, -0.05) is 13.8 Å². The minimum Gasteiger partial charge on any atom is -0.464 e. The molecule has 2 rings (SSSR count). The van der Waals surface area contributed by atoms with Gasteiger partial charge in [-0.3, -0.25) is 0 Å². The maximum atomic E-state index is 5.45. The fourth-order valence-corrected chi connectivity index (χ4v) is 2.51. The molecule has 20 heavy (non-hydrogen) atoms. The van der Waals surface area contributed by atoms with Crippen molar-refractivity contribution >= 4 is 11.9 Å². The van der Waals surface area contributed by atoms with Crippen LogP contribution in [0.1, 0.15) is 40.5 Å². The molecule has 1 aromatic heterocycles. The summed E-state index contributed by atoms with van der Waals surface area (Å²) in [6.45, 7) is 11.8. The van der Waals surface area contributed by atoms with E-state index in [0.29, 0.717) is 29.9 Å². The van der Waals surface area contributed by atoms with Crippen molar-refractivity contribution in [3.05, 3.63) is 0 Å². The molecular formula is C14H25N5O. The Morgan fingerprint density at radius 1 is 1.25 bits per heavy atom. The molecular weight excluding hydrogens is 254 g/mol. The number of ether oxygens (including phenoxy) is 1. The van der Waals surface area contributed by atoms with Crippen LogP contribution in [0.4, 0.5) is 11.9 Å². The molecule has 6 nitrogen and oxygen atoms in total. The molecule has 1 aromatic rings. The van der Waals surface area contributed by atoms with Gasteiger partial charge in [0.1, 0.15) is 0 Å². The lowest BCUT2D eigenvalue weighted by Crippen LogP contribution is -2.41. The predicted octanol–water partition coefficient (Wildman–Crippen LogP) is 2.33. The topological polar surface area (TPSA) is 63.2 Å². The molecule has 0 spiro atoms. The SMILES string of the molecule is CCNc1nc(OCC)nc(N2CCCC(C)(C)C2)n1. The molecule has 0 unspecified atom stereocenters. The van der Waals surface area contributed by atoms with Gasteiger partial charge in [0.15, 0.2) is 0 Å². The monoisotopic (exact) mass is 279 g/mol. The largest absolute Gasteiger partial charge is 0.464 e. The summed E-state index contributed by atoms with van der Waals surface area (Å²) in [5, 5.41) is 3.14. The van der Waals surface area contributed by atoms with E-state index in [1.165, 1.54) is 12.8 Å². The highest BCUT2D eigenvalue weighted by Gasteiger charge is 2.28. The van der Waals surface area contributed by atoms with E-state index in [0.717, 1.165) is 19.6 Å². The van der Waals surface area contributed by atoms with Crippen LogP contribution in [0.15, 0.2) is 0 Å². The van der Waals surface area contributed by atoms with Crippen LogP contribution in [-0.4, -0.2) is 41.2 Å². The van der Waals surface area contributed by atoms with Crippen molar-refractivity contribution < 1.29 is 4.74 Å². The average Bonchev–Trinajstić information content (AvgIpc) is 2.38. The van der Waals surface area contributed by atoms with E-state index in [1.807, 2.05) is 13.8 Å². The number of piperidine rings is 1. The summed E-state index contributed by atoms with van der Waals surface area (Å²) in [5.74, 6) is 1.30. The van der Waals surface area contributed by atoms with E-state index >= 15 is 0 Å². The van der Waals surface area contributed by atoms with Crippen LogP contribution in [0, 0.1) is 5.41 Å². The number of rotatable bonds is 5. The van der Waals surface area contributed by atoms with Gasteiger partial charge in [0.05, 0.1) is 6.61 Å². The molecule has 1 aliphatic heterocycles. The van der Waals surface area contributed by atoms with Crippen LogP contribution in [0.5, 0.6) is 6.01 Å². The molecule has 1 N–H and O–H groups in total. The third kappa shape index (κ3) is 3.71. The highest BCUT2D eigenvalue weighted by atomic mass is 16.5. The van der Waals surface area contributed by atoms with Gasteiger partial charge in [0, 0.05) is 19.6 Å². The normalized spacial score (nSPS) is 17.9. The van der Waals surface area contributed by atoms with Crippen molar-refractivity contribution in [1.82, 2.24) is 15.0 Å². The maximum Gasteiger partial charge on any atom is 0.323 e. The summed E-state index contributed by atoms with van der Waals surface area (Å²) in [6, 6.07) is 0.400. The van der Waals surface area contributed by atoms with Gasteiger partial charge in [-0.25, -0.2) is 0 Å². The molecule has 1 aliphatic rings. The van der Waals surface area contributed by atoms with Crippen molar-refractivity contribution in [2.45, 2.75) is 40.5 Å². The molecule has 0 bridgehead atoms. The van der Waals surface area contributed by atoms with Crippen LogP contribution >= 0.6 is 0 Å². The molecule has 0 aromatic carbocycles. The molecule has 6 heteroatoms. The van der Waals surface area contributed by atoms with Crippen LogP contribution in [0.3, 0.4) is 0 Å². The second-order valence-electron chi connectivity index (χ2n) is 5.89. The Balaban J connectivity index is 2.24. The van der Waals surface area contributed by atoms with Crippen molar-refractivity contribution in [2.24, 2.45) is 5.41 Å². The maximum absolute atomic E-state index is 5.45. The molecule has 0 aliphatic carbocycles. The molecule has 0 atom stereocenters. The number of hydrogen-bond donors (Lipinski definition) is 1. The zero-order valence-electron chi connectivity index (χ0n) is 12.9. The Hall–Kier alpha value is -1.59. The lowest BCUT2D eigenvalue weighted by Gasteiger charge is -2.38. The zero-order chi connectivity index (χ0) is 14.6. The molecule has 0 amide bonds. The smallest absolute Gasteiger partial charge is 0.323 e. The first-order valence-corrected chi connectivity index (χ1v) is 7.42. The predicted molar refractivity (Wildman–Crippen MR) is 80.4 cm³/mol. The van der Waals surface area contributed by atoms with Gasteiger partial charge < -0.3 is 15.0 Å². The summed E-state index contributed by atoms with van der Waals surface area (Å²) < 4.78 is 5.45. The molecule has 2 heterocycles. The van der Waals surface area contributed by atoms with E-state index < -0.39 is 0 Å². The van der Waals surface area contributed by atoms with E-state index in [2.05, 4.69) is 39.0 Å². The number of hydrogen-bond acceptors (Lipinski definition) is 6. The summed E-state index contributed by atoms with van der Waals surface area (Å²) in [4.78, 5) is 15.4. The van der Waals surface area contributed by atoms with Crippen molar-refractivity contribution in [3.63, 3.8) is 0 Å². The first-order valence-electron chi connectivity index (χ1n) is 7.42. The number of nitrogens with one attached hydrogen (secondary N) is 1. The van der Waals surface area contributed by atoms with Crippen molar-refractivity contribution in [3.8, 4) is 6.01 Å². The Morgan fingerprint density at radius 2 is 2.05 bits per heavy atom. The molecule has 1 saturated heterocycles. The fraction of sp³-hybridized carbons (Fsp3) is 0.786. The Kier molecular flexibility index (Phi) is 4.62. The van der Waals surface area contributed by atoms with Crippen LogP contribution in [0.2, 0.25) is 0 Å². The Bertz CT molecular complexity index is 425. The van der Waals surface area contributed by atoms with E-state index in [1.54, 1.807) is 0 Å². The third-order valence-corrected chi connectivity index (χ3v) is 3.39. The average molecular weight is 279 g/mol. The quantitative estimate of drug-likeness (QED) is 0.892. The summed E-state index contributed by atoms with van der Waals surface area (Å²) in [5.41, 5.74) is 0.301. The number of anilines is 2. The van der Waals surface area contributed by atoms with E-state index in [9.17, 15) is 0 Å². The van der Waals surface area contributed by atoms with Crippen molar-refractivity contribution in [2.75, 3.05) is 36.5 Å². The molecule has 1 fully saturated rings. The lowest BCUT2D eigenvalue weighted by molar-refractivity contribution is 0.287. The second-order valence-corrected chi connectivity index (χ2v) is 5.89. The second kappa shape index (κ2) is 6.24. The summed E-state index contributed by atoms with van der Waals surface area (Å²) in [6.07, 6.45) is 2.41. The molecule has 112 valence electrons. The highest BCUT2D eigenvalue weighted by molar-refractivity contribution is 5.39. The van der Waals surface area contributed by atoms with E-state index in [-0.39, 0.29) is 0 Å². The first kappa shape index (κ1) is 14.8. The molecule has 0 radical (unpaired) electrons. The minimum absolute atomic E-state index is 0.301. The van der Waals surface area contributed by atoms with Gasteiger partial charge in [-0.2, -0.15) is 15.0 Å². The summed E-state index contributed by atoms with van der Waals surface area (Å²) in [7, 11) is 0. The number of aromatic nitrogens is 3. The van der Waals surface area contributed by atoms with Gasteiger partial charge >= 0.3 is 6.01 Å². The minimum atomic E-state index is 0.301. The molecule has 0 saturated carbocycles. The van der Waals surface area contributed by atoms with Crippen LogP contribution < -0.4 is 15.0 Å². The third-order valence-electron chi connectivity index (χ3n) is 3.39. The first-order chi connectivity index (χ1) is 9.54.